The average molecular weight is 310 g/mol. The summed E-state index contributed by atoms with van der Waals surface area (Å²) in [7, 11) is 0. The summed E-state index contributed by atoms with van der Waals surface area (Å²) in [6.45, 7) is 11.6. The Morgan fingerprint density at radius 2 is 1.75 bits per heavy atom. The lowest BCUT2D eigenvalue weighted by Crippen LogP contribution is -2.21. The van der Waals surface area contributed by atoms with Gasteiger partial charge in [-0.3, -0.25) is 0 Å². The van der Waals surface area contributed by atoms with Crippen molar-refractivity contribution in [3.8, 4) is 11.4 Å². The van der Waals surface area contributed by atoms with Gasteiger partial charge >= 0.3 is 0 Å². The molecule has 0 unspecified atom stereocenters. The second-order valence-corrected chi connectivity index (χ2v) is 6.69. The topological polar surface area (TPSA) is 41.1 Å². The minimum atomic E-state index is 0.621. The van der Waals surface area contributed by atoms with Gasteiger partial charge in [0.1, 0.15) is 11.4 Å². The monoisotopic (exact) mass is 310 g/mol. The third kappa shape index (κ3) is 3.70. The van der Waals surface area contributed by atoms with E-state index in [2.05, 4.69) is 53.7 Å². The van der Waals surface area contributed by atoms with Crippen LogP contribution in [-0.2, 0) is 0 Å². The van der Waals surface area contributed by atoms with E-state index in [0.29, 0.717) is 5.92 Å². The maximum atomic E-state index is 4.69. The van der Waals surface area contributed by atoms with E-state index >= 15 is 0 Å². The van der Waals surface area contributed by atoms with Crippen molar-refractivity contribution < 1.29 is 0 Å². The fraction of sp³-hybridized carbons (Fsp3) is 0.571. The molecule has 0 aromatic carbocycles. The second kappa shape index (κ2) is 7.04. The lowest BCUT2D eigenvalue weighted by Gasteiger charge is -2.16. The zero-order valence-electron chi connectivity index (χ0n) is 12.5. The van der Waals surface area contributed by atoms with Crippen LogP contribution in [0.25, 0.3) is 11.4 Å². The number of hydrogen-bond donors (Lipinski definition) is 1. The number of hydrogen-bond acceptors (Lipinski definition) is 6. The first kappa shape index (κ1) is 15.3. The summed E-state index contributed by atoms with van der Waals surface area (Å²) < 4.78 is 0. The molecule has 0 aliphatic heterocycles. The fourth-order valence-corrected chi connectivity index (χ4v) is 3.45. The summed E-state index contributed by atoms with van der Waals surface area (Å²) in [5, 5.41) is 9.58. The van der Waals surface area contributed by atoms with E-state index in [4.69, 9.17) is 4.98 Å². The van der Waals surface area contributed by atoms with Crippen LogP contribution in [0.5, 0.6) is 0 Å². The van der Waals surface area contributed by atoms with Gasteiger partial charge in [0.2, 0.25) is 0 Å². The van der Waals surface area contributed by atoms with Gasteiger partial charge in [-0.2, -0.15) is 0 Å². The van der Waals surface area contributed by atoms with E-state index in [1.807, 2.05) is 0 Å². The smallest absolute Gasteiger partial charge is 0.185 e. The molecule has 110 valence electrons. The molecule has 0 atom stereocenters. The highest BCUT2D eigenvalue weighted by atomic mass is 32.1. The van der Waals surface area contributed by atoms with Crippen LogP contribution in [0.4, 0.5) is 10.3 Å². The molecule has 0 spiro atoms. The number of anilines is 2. The maximum absolute atomic E-state index is 4.69. The zero-order chi connectivity index (χ0) is 14.5. The molecule has 0 saturated heterocycles. The van der Waals surface area contributed by atoms with Crippen molar-refractivity contribution in [3.63, 3.8) is 0 Å². The standard InChI is InChI=1S/C14H22N4S2/c1-5-18(6-2)14-17-12(9-20-14)11-8-19-13(16-11)15-7-10(3)4/h8-10H,5-7H2,1-4H3,(H,15,16). The molecule has 4 nitrogen and oxygen atoms in total. The van der Waals surface area contributed by atoms with E-state index in [1.54, 1.807) is 22.7 Å². The number of nitrogens with zero attached hydrogens (tertiary/aromatic N) is 3. The molecule has 20 heavy (non-hydrogen) atoms. The van der Waals surface area contributed by atoms with Crippen molar-refractivity contribution in [3.05, 3.63) is 10.8 Å². The van der Waals surface area contributed by atoms with Crippen molar-refractivity contribution in [1.29, 1.82) is 0 Å². The molecule has 2 heterocycles. The molecule has 0 radical (unpaired) electrons. The van der Waals surface area contributed by atoms with Gasteiger partial charge in [-0.1, -0.05) is 13.8 Å². The summed E-state index contributed by atoms with van der Waals surface area (Å²) in [6.07, 6.45) is 0. The number of aromatic nitrogens is 2. The quantitative estimate of drug-likeness (QED) is 0.833. The first-order chi connectivity index (χ1) is 9.63. The molecule has 0 aliphatic carbocycles. The van der Waals surface area contributed by atoms with Crippen molar-refractivity contribution in [2.45, 2.75) is 27.7 Å². The molecule has 1 N–H and O–H groups in total. The Balaban J connectivity index is 2.08. The van der Waals surface area contributed by atoms with Crippen LogP contribution < -0.4 is 10.2 Å². The van der Waals surface area contributed by atoms with E-state index < -0.39 is 0 Å². The Labute approximate surface area is 128 Å². The molecule has 6 heteroatoms. The average Bonchev–Trinajstić information content (AvgIpc) is 3.06. The first-order valence-corrected chi connectivity index (χ1v) is 8.80. The molecule has 2 aromatic rings. The van der Waals surface area contributed by atoms with Crippen LogP contribution in [0.2, 0.25) is 0 Å². The van der Waals surface area contributed by atoms with Gasteiger partial charge in [-0.05, 0) is 19.8 Å². The van der Waals surface area contributed by atoms with Crippen molar-refractivity contribution in [2.75, 3.05) is 29.9 Å². The van der Waals surface area contributed by atoms with Crippen LogP contribution in [0.15, 0.2) is 10.8 Å². The van der Waals surface area contributed by atoms with Crippen LogP contribution in [0, 0.1) is 5.92 Å². The van der Waals surface area contributed by atoms with Crippen LogP contribution >= 0.6 is 22.7 Å². The van der Waals surface area contributed by atoms with E-state index in [-0.39, 0.29) is 0 Å². The van der Waals surface area contributed by atoms with Gasteiger partial charge < -0.3 is 10.2 Å². The van der Waals surface area contributed by atoms with Gasteiger partial charge in [0.25, 0.3) is 0 Å². The predicted octanol–water partition coefficient (Wildman–Crippen LogP) is 4.18. The second-order valence-electron chi connectivity index (χ2n) is 5.00. The predicted molar refractivity (Wildman–Crippen MR) is 90.1 cm³/mol. The highest BCUT2D eigenvalue weighted by Gasteiger charge is 2.11. The Morgan fingerprint density at radius 1 is 1.10 bits per heavy atom. The molecular formula is C14H22N4S2. The highest BCUT2D eigenvalue weighted by molar-refractivity contribution is 7.14. The van der Waals surface area contributed by atoms with Crippen LogP contribution in [-0.4, -0.2) is 29.6 Å². The molecule has 2 rings (SSSR count). The Morgan fingerprint density at radius 3 is 2.40 bits per heavy atom. The summed E-state index contributed by atoms with van der Waals surface area (Å²) >= 11 is 3.33. The van der Waals surface area contributed by atoms with E-state index in [9.17, 15) is 0 Å². The Kier molecular flexibility index (Phi) is 5.37. The molecule has 0 aliphatic rings. The highest BCUT2D eigenvalue weighted by Crippen LogP contribution is 2.29. The fourth-order valence-electron chi connectivity index (χ4n) is 1.79. The normalized spacial score (nSPS) is 11.1. The third-order valence-electron chi connectivity index (χ3n) is 2.95. The van der Waals surface area contributed by atoms with E-state index in [0.717, 1.165) is 41.3 Å². The molecule has 0 amide bonds. The van der Waals surface area contributed by atoms with Gasteiger partial charge in [-0.25, -0.2) is 9.97 Å². The van der Waals surface area contributed by atoms with Gasteiger partial charge in [-0.15, -0.1) is 22.7 Å². The third-order valence-corrected chi connectivity index (χ3v) is 4.66. The molecule has 0 fully saturated rings. The van der Waals surface area contributed by atoms with Gasteiger partial charge in [0, 0.05) is 30.4 Å². The maximum Gasteiger partial charge on any atom is 0.185 e. The zero-order valence-corrected chi connectivity index (χ0v) is 14.1. The van der Waals surface area contributed by atoms with Gasteiger partial charge in [0.05, 0.1) is 0 Å². The number of thiazole rings is 2. The van der Waals surface area contributed by atoms with Crippen molar-refractivity contribution in [1.82, 2.24) is 9.97 Å². The largest absolute Gasteiger partial charge is 0.361 e. The summed E-state index contributed by atoms with van der Waals surface area (Å²) in [5.41, 5.74) is 1.95. The van der Waals surface area contributed by atoms with Crippen LogP contribution in [0.3, 0.4) is 0 Å². The van der Waals surface area contributed by atoms with Crippen molar-refractivity contribution in [2.24, 2.45) is 5.92 Å². The van der Waals surface area contributed by atoms with Crippen molar-refractivity contribution >= 4 is 32.9 Å². The van der Waals surface area contributed by atoms with Crippen LogP contribution in [0.1, 0.15) is 27.7 Å². The Bertz CT molecular complexity index is 529. The molecule has 2 aromatic heterocycles. The minimum absolute atomic E-state index is 0.621. The minimum Gasteiger partial charge on any atom is -0.361 e. The lowest BCUT2D eigenvalue weighted by atomic mass is 10.2. The lowest BCUT2D eigenvalue weighted by molar-refractivity contribution is 0.688. The summed E-state index contributed by atoms with van der Waals surface area (Å²) in [4.78, 5) is 11.6. The summed E-state index contributed by atoms with van der Waals surface area (Å²) in [6, 6.07) is 0. The first-order valence-electron chi connectivity index (χ1n) is 7.04. The SMILES string of the molecule is CCN(CC)c1nc(-c2csc(NCC(C)C)n2)cs1. The van der Waals surface area contributed by atoms with E-state index in [1.165, 1.54) is 0 Å². The summed E-state index contributed by atoms with van der Waals surface area (Å²) in [5.74, 6) is 0.621. The number of rotatable bonds is 7. The molecule has 0 bridgehead atoms. The number of nitrogens with one attached hydrogen (secondary N) is 1. The Hall–Kier alpha value is -1.14. The van der Waals surface area contributed by atoms with Gasteiger partial charge in [0.15, 0.2) is 10.3 Å². The molecular weight excluding hydrogens is 288 g/mol. The molecule has 0 saturated carbocycles.